The highest BCUT2D eigenvalue weighted by Crippen LogP contribution is 2.26. The third-order valence-corrected chi connectivity index (χ3v) is 3.53. The Balaban J connectivity index is 2.33. The maximum absolute atomic E-state index is 11.6. The molecule has 1 rings (SSSR count). The van der Waals surface area contributed by atoms with Crippen molar-refractivity contribution < 1.29 is 4.79 Å². The van der Waals surface area contributed by atoms with Crippen molar-refractivity contribution in [1.82, 2.24) is 5.32 Å². The number of amides is 1. The molecule has 0 aromatic heterocycles. The Labute approximate surface area is 92.8 Å². The van der Waals surface area contributed by atoms with Gasteiger partial charge in [0.25, 0.3) is 0 Å². The Morgan fingerprint density at radius 3 is 2.47 bits per heavy atom. The molecule has 0 radical (unpaired) electrons. The third kappa shape index (κ3) is 3.82. The molecule has 0 aromatic rings. The van der Waals surface area contributed by atoms with Gasteiger partial charge in [-0.1, -0.05) is 26.2 Å². The number of nitrogens with two attached hydrogens (primary N) is 1. The van der Waals surface area contributed by atoms with Crippen LogP contribution >= 0.6 is 0 Å². The lowest BCUT2D eigenvalue weighted by Crippen LogP contribution is -2.42. The number of hydrogen-bond acceptors (Lipinski definition) is 2. The molecule has 1 aliphatic carbocycles. The molecule has 3 heteroatoms. The fourth-order valence-corrected chi connectivity index (χ4v) is 2.23. The molecule has 3 nitrogen and oxygen atoms in total. The summed E-state index contributed by atoms with van der Waals surface area (Å²) in [5.41, 5.74) is 5.47. The zero-order valence-electron chi connectivity index (χ0n) is 9.96. The van der Waals surface area contributed by atoms with Crippen LogP contribution in [0.4, 0.5) is 0 Å². The van der Waals surface area contributed by atoms with Gasteiger partial charge in [-0.25, -0.2) is 0 Å². The van der Waals surface area contributed by atoms with Crippen LogP contribution in [0, 0.1) is 11.8 Å². The van der Waals surface area contributed by atoms with Crippen molar-refractivity contribution in [1.29, 1.82) is 0 Å². The first-order valence-corrected chi connectivity index (χ1v) is 6.15. The predicted molar refractivity (Wildman–Crippen MR) is 62.4 cm³/mol. The van der Waals surface area contributed by atoms with Gasteiger partial charge < -0.3 is 11.1 Å². The van der Waals surface area contributed by atoms with E-state index in [1.807, 2.05) is 6.92 Å². The van der Waals surface area contributed by atoms with Crippen molar-refractivity contribution in [3.8, 4) is 0 Å². The van der Waals surface area contributed by atoms with Crippen molar-refractivity contribution in [2.75, 3.05) is 6.54 Å². The zero-order chi connectivity index (χ0) is 11.3. The first kappa shape index (κ1) is 12.5. The lowest BCUT2D eigenvalue weighted by molar-refractivity contribution is -0.125. The van der Waals surface area contributed by atoms with Gasteiger partial charge in [0.1, 0.15) is 0 Å². The molecule has 0 aliphatic heterocycles. The van der Waals surface area contributed by atoms with Crippen LogP contribution in [0.5, 0.6) is 0 Å². The van der Waals surface area contributed by atoms with Crippen LogP contribution < -0.4 is 11.1 Å². The van der Waals surface area contributed by atoms with Crippen LogP contribution in [0.3, 0.4) is 0 Å². The molecule has 0 spiro atoms. The quantitative estimate of drug-likeness (QED) is 0.744. The van der Waals surface area contributed by atoms with Gasteiger partial charge in [0.15, 0.2) is 0 Å². The highest BCUT2D eigenvalue weighted by molar-refractivity contribution is 5.78. The maximum atomic E-state index is 11.6. The smallest absolute Gasteiger partial charge is 0.224 e. The molecule has 15 heavy (non-hydrogen) atoms. The van der Waals surface area contributed by atoms with Crippen molar-refractivity contribution in [3.05, 3.63) is 0 Å². The highest BCUT2D eigenvalue weighted by Gasteiger charge is 2.22. The minimum absolute atomic E-state index is 0.0592. The van der Waals surface area contributed by atoms with Gasteiger partial charge in [0.2, 0.25) is 5.91 Å². The van der Waals surface area contributed by atoms with Gasteiger partial charge in [-0.3, -0.25) is 4.79 Å². The summed E-state index contributed by atoms with van der Waals surface area (Å²) in [4.78, 5) is 11.6. The normalized spacial score (nSPS) is 22.1. The summed E-state index contributed by atoms with van der Waals surface area (Å²) in [6, 6.07) is 0.312. The Kier molecular flexibility index (Phi) is 5.09. The van der Waals surface area contributed by atoms with Gasteiger partial charge >= 0.3 is 0 Å². The number of hydrogen-bond donors (Lipinski definition) is 2. The summed E-state index contributed by atoms with van der Waals surface area (Å²) in [6.07, 6.45) is 6.52. The summed E-state index contributed by atoms with van der Waals surface area (Å²) in [5, 5.41) is 3.08. The molecule has 1 fully saturated rings. The summed E-state index contributed by atoms with van der Waals surface area (Å²) in [7, 11) is 0. The van der Waals surface area contributed by atoms with E-state index < -0.39 is 0 Å². The first-order chi connectivity index (χ1) is 7.15. The Morgan fingerprint density at radius 1 is 1.33 bits per heavy atom. The van der Waals surface area contributed by atoms with Gasteiger partial charge in [-0.05, 0) is 25.7 Å². The summed E-state index contributed by atoms with van der Waals surface area (Å²) >= 11 is 0. The average Bonchev–Trinajstić information content (AvgIpc) is 2.29. The molecule has 2 atom stereocenters. The van der Waals surface area contributed by atoms with E-state index in [-0.39, 0.29) is 11.8 Å². The monoisotopic (exact) mass is 212 g/mol. The van der Waals surface area contributed by atoms with Crippen molar-refractivity contribution >= 4 is 5.91 Å². The van der Waals surface area contributed by atoms with Crippen LogP contribution in [0.1, 0.15) is 46.0 Å². The molecule has 1 amide bonds. The fraction of sp³-hybridized carbons (Fsp3) is 0.917. The lowest BCUT2D eigenvalue weighted by Gasteiger charge is -2.29. The van der Waals surface area contributed by atoms with E-state index in [4.69, 9.17) is 5.73 Å². The van der Waals surface area contributed by atoms with Crippen LogP contribution in [0.25, 0.3) is 0 Å². The Bertz CT molecular complexity index is 200. The minimum Gasteiger partial charge on any atom is -0.353 e. The van der Waals surface area contributed by atoms with E-state index in [0.717, 1.165) is 0 Å². The molecule has 2 unspecified atom stereocenters. The highest BCUT2D eigenvalue weighted by atomic mass is 16.1. The molecule has 88 valence electrons. The predicted octanol–water partition coefficient (Wildman–Crippen LogP) is 1.67. The summed E-state index contributed by atoms with van der Waals surface area (Å²) in [6.45, 7) is 4.43. The molecular weight excluding hydrogens is 188 g/mol. The largest absolute Gasteiger partial charge is 0.353 e. The minimum atomic E-state index is -0.0592. The standard InChI is InChI=1S/C12H24N2O/c1-9(8-13)12(15)14-10(2)11-6-4-3-5-7-11/h9-11H,3-8,13H2,1-2H3,(H,14,15). The molecule has 0 heterocycles. The van der Waals surface area contributed by atoms with Gasteiger partial charge in [-0.2, -0.15) is 0 Å². The number of nitrogens with one attached hydrogen (secondary N) is 1. The SMILES string of the molecule is CC(CN)C(=O)NC(C)C1CCCCC1. The average molecular weight is 212 g/mol. The molecule has 0 aromatic carbocycles. The second-order valence-corrected chi connectivity index (χ2v) is 4.83. The molecule has 1 saturated carbocycles. The van der Waals surface area contributed by atoms with E-state index in [9.17, 15) is 4.79 Å². The van der Waals surface area contributed by atoms with Crippen molar-refractivity contribution in [3.63, 3.8) is 0 Å². The second kappa shape index (κ2) is 6.11. The van der Waals surface area contributed by atoms with Crippen LogP contribution in [0.15, 0.2) is 0 Å². The van der Waals surface area contributed by atoms with Gasteiger partial charge in [0.05, 0.1) is 0 Å². The van der Waals surface area contributed by atoms with Crippen LogP contribution in [0.2, 0.25) is 0 Å². The van der Waals surface area contributed by atoms with Gasteiger partial charge in [-0.15, -0.1) is 0 Å². The molecule has 0 bridgehead atoms. The van der Waals surface area contributed by atoms with Crippen LogP contribution in [-0.4, -0.2) is 18.5 Å². The van der Waals surface area contributed by atoms with E-state index in [0.29, 0.717) is 18.5 Å². The van der Waals surface area contributed by atoms with E-state index in [2.05, 4.69) is 12.2 Å². The topological polar surface area (TPSA) is 55.1 Å². The molecule has 3 N–H and O–H groups in total. The van der Waals surface area contributed by atoms with E-state index in [1.54, 1.807) is 0 Å². The van der Waals surface area contributed by atoms with E-state index >= 15 is 0 Å². The lowest BCUT2D eigenvalue weighted by atomic mass is 9.84. The Morgan fingerprint density at radius 2 is 1.93 bits per heavy atom. The molecule has 1 aliphatic rings. The summed E-state index contributed by atoms with van der Waals surface area (Å²) < 4.78 is 0. The van der Waals surface area contributed by atoms with Gasteiger partial charge in [0, 0.05) is 18.5 Å². The third-order valence-electron chi connectivity index (χ3n) is 3.53. The first-order valence-electron chi connectivity index (χ1n) is 6.15. The summed E-state index contributed by atoms with van der Waals surface area (Å²) in [5.74, 6) is 0.722. The van der Waals surface area contributed by atoms with Crippen LogP contribution in [-0.2, 0) is 4.79 Å². The molecular formula is C12H24N2O. The zero-order valence-corrected chi connectivity index (χ0v) is 9.96. The van der Waals surface area contributed by atoms with E-state index in [1.165, 1.54) is 32.1 Å². The second-order valence-electron chi connectivity index (χ2n) is 4.83. The number of rotatable bonds is 4. The van der Waals surface area contributed by atoms with Crippen molar-refractivity contribution in [2.24, 2.45) is 17.6 Å². The molecule has 0 saturated heterocycles. The number of carbonyl (C=O) groups is 1. The van der Waals surface area contributed by atoms with Crippen molar-refractivity contribution in [2.45, 2.75) is 52.0 Å². The Hall–Kier alpha value is -0.570. The number of carbonyl (C=O) groups excluding carboxylic acids is 1. The fourth-order valence-electron chi connectivity index (χ4n) is 2.23. The maximum Gasteiger partial charge on any atom is 0.224 e.